The van der Waals surface area contributed by atoms with Gasteiger partial charge in [-0.15, -0.1) is 0 Å². The summed E-state index contributed by atoms with van der Waals surface area (Å²) >= 11 is 0. The van der Waals surface area contributed by atoms with Gasteiger partial charge < -0.3 is 61.3 Å². The van der Waals surface area contributed by atoms with Gasteiger partial charge in [0.15, 0.2) is 0 Å². The minimum atomic E-state index is -1.67. The Hall–Kier alpha value is -0.480. The van der Waals surface area contributed by atoms with Crippen molar-refractivity contribution in [2.24, 2.45) is 0 Å². The zero-order valence-electron chi connectivity index (χ0n) is 12.8. The molecule has 148 valence electrons. The highest BCUT2D eigenvalue weighted by Crippen LogP contribution is 2.04. The van der Waals surface area contributed by atoms with Gasteiger partial charge in [-0.2, -0.15) is 0 Å². The van der Waals surface area contributed by atoms with Crippen LogP contribution in [0, 0.1) is 0 Å². The van der Waals surface area contributed by atoms with Crippen LogP contribution in [-0.4, -0.2) is 137 Å². The summed E-state index contributed by atoms with van der Waals surface area (Å²) in [7, 11) is 0. The second-order valence-electron chi connectivity index (χ2n) is 4.96. The first-order valence-electron chi connectivity index (χ1n) is 6.96. The topological polar surface area (TPSA) is 243 Å². The number of rotatable bonds is 10. The van der Waals surface area contributed by atoms with E-state index in [1.54, 1.807) is 0 Å². The maximum atomic E-state index is 8.96. The van der Waals surface area contributed by atoms with Crippen LogP contribution >= 0.6 is 0 Å². The van der Waals surface area contributed by atoms with Crippen LogP contribution in [0.1, 0.15) is 0 Å². The average Bonchev–Trinajstić information content (AvgIpc) is 2.62. The molecule has 0 spiro atoms. The standard InChI is InChI=1S/2C6H14O6/c2*7-1-3(9)5(11)6(12)4(10)2-8/h2*3-12H,1-2H2/t2*3-,4-,5-,6-/m11/s1. The minimum absolute atomic E-state index is 0.726. The van der Waals surface area contributed by atoms with E-state index in [4.69, 9.17) is 61.3 Å². The van der Waals surface area contributed by atoms with Crippen LogP contribution in [0.15, 0.2) is 0 Å². The van der Waals surface area contributed by atoms with Crippen molar-refractivity contribution in [3.63, 3.8) is 0 Å². The highest BCUT2D eigenvalue weighted by Gasteiger charge is 2.30. The third-order valence-electron chi connectivity index (χ3n) is 3.02. The van der Waals surface area contributed by atoms with Gasteiger partial charge >= 0.3 is 0 Å². The Morgan fingerprint density at radius 2 is 0.458 bits per heavy atom. The van der Waals surface area contributed by atoms with Gasteiger partial charge in [0.2, 0.25) is 0 Å². The quantitative estimate of drug-likeness (QED) is 0.173. The van der Waals surface area contributed by atoms with Gasteiger partial charge in [-0.1, -0.05) is 0 Å². The second-order valence-corrected chi connectivity index (χ2v) is 4.96. The Morgan fingerprint density at radius 1 is 0.333 bits per heavy atom. The van der Waals surface area contributed by atoms with Crippen LogP contribution < -0.4 is 0 Å². The molecule has 0 aromatic heterocycles. The highest BCUT2D eigenvalue weighted by atomic mass is 16.4. The summed E-state index contributed by atoms with van der Waals surface area (Å²) in [4.78, 5) is 0. The summed E-state index contributed by atoms with van der Waals surface area (Å²) in [6, 6.07) is 0. The van der Waals surface area contributed by atoms with Crippen LogP contribution in [0.2, 0.25) is 0 Å². The lowest BCUT2D eigenvalue weighted by atomic mass is 10.0. The molecule has 24 heavy (non-hydrogen) atoms. The number of aliphatic hydroxyl groups is 12. The number of aliphatic hydroxyl groups excluding tert-OH is 12. The van der Waals surface area contributed by atoms with E-state index in [0.717, 1.165) is 0 Å². The summed E-state index contributed by atoms with van der Waals surface area (Å²) in [6.07, 6.45) is -12.8. The lowest BCUT2D eigenvalue weighted by molar-refractivity contribution is -0.123. The van der Waals surface area contributed by atoms with E-state index < -0.39 is 75.3 Å². The molecule has 0 aliphatic rings. The Kier molecular flexibility index (Phi) is 14.8. The predicted molar refractivity (Wildman–Crippen MR) is 76.4 cm³/mol. The van der Waals surface area contributed by atoms with E-state index in [2.05, 4.69) is 0 Å². The van der Waals surface area contributed by atoms with Gasteiger partial charge in [-0.05, 0) is 0 Å². The van der Waals surface area contributed by atoms with Crippen LogP contribution in [0.25, 0.3) is 0 Å². The molecule has 0 saturated heterocycles. The van der Waals surface area contributed by atoms with E-state index in [1.807, 2.05) is 0 Å². The van der Waals surface area contributed by atoms with E-state index in [9.17, 15) is 0 Å². The van der Waals surface area contributed by atoms with Gasteiger partial charge in [0.05, 0.1) is 26.4 Å². The molecule has 8 atom stereocenters. The number of hydrogen-bond acceptors (Lipinski definition) is 12. The van der Waals surface area contributed by atoms with E-state index in [1.165, 1.54) is 0 Å². The minimum Gasteiger partial charge on any atom is -0.394 e. The fourth-order valence-corrected chi connectivity index (χ4v) is 1.34. The lowest BCUT2D eigenvalue weighted by Gasteiger charge is -2.24. The molecule has 12 nitrogen and oxygen atoms in total. The zero-order chi connectivity index (χ0) is 19.4. The summed E-state index contributed by atoms with van der Waals surface area (Å²) in [6.45, 7) is -2.90. The van der Waals surface area contributed by atoms with Crippen molar-refractivity contribution in [1.29, 1.82) is 0 Å². The molecule has 12 heteroatoms. The van der Waals surface area contributed by atoms with Crippen molar-refractivity contribution in [3.8, 4) is 0 Å². The summed E-state index contributed by atoms with van der Waals surface area (Å²) < 4.78 is 0. The van der Waals surface area contributed by atoms with Gasteiger partial charge in [0.25, 0.3) is 0 Å². The molecule has 0 unspecified atom stereocenters. The van der Waals surface area contributed by atoms with Gasteiger partial charge in [-0.3, -0.25) is 0 Å². The second kappa shape index (κ2) is 13.8. The first-order valence-corrected chi connectivity index (χ1v) is 6.96. The van der Waals surface area contributed by atoms with Crippen LogP contribution in [-0.2, 0) is 0 Å². The third kappa shape index (κ3) is 9.12. The van der Waals surface area contributed by atoms with Crippen molar-refractivity contribution in [3.05, 3.63) is 0 Å². The number of hydrogen-bond donors (Lipinski definition) is 12. The zero-order valence-corrected chi connectivity index (χ0v) is 12.8. The summed E-state index contributed by atoms with van der Waals surface area (Å²) in [5, 5.41) is 104. The van der Waals surface area contributed by atoms with Crippen LogP contribution in [0.4, 0.5) is 0 Å². The predicted octanol–water partition coefficient (Wildman–Crippen LogP) is -7.17. The normalized spacial score (nSPS) is 21.5. The van der Waals surface area contributed by atoms with Crippen molar-refractivity contribution >= 4 is 0 Å². The smallest absolute Gasteiger partial charge is 0.111 e. The molecule has 0 heterocycles. The molecule has 12 N–H and O–H groups in total. The largest absolute Gasteiger partial charge is 0.394 e. The molecule has 0 aliphatic heterocycles. The van der Waals surface area contributed by atoms with Crippen LogP contribution in [0.3, 0.4) is 0 Å². The Morgan fingerprint density at radius 3 is 0.542 bits per heavy atom. The van der Waals surface area contributed by atoms with Crippen LogP contribution in [0.5, 0.6) is 0 Å². The van der Waals surface area contributed by atoms with Crippen molar-refractivity contribution in [2.45, 2.75) is 48.8 Å². The lowest BCUT2D eigenvalue weighted by Crippen LogP contribution is -2.46. The molecule has 0 aromatic carbocycles. The molecule has 0 amide bonds. The Labute approximate surface area is 137 Å². The molecule has 0 fully saturated rings. The van der Waals surface area contributed by atoms with Gasteiger partial charge in [0.1, 0.15) is 48.8 Å². The van der Waals surface area contributed by atoms with Crippen molar-refractivity contribution < 1.29 is 61.3 Å². The fourth-order valence-electron chi connectivity index (χ4n) is 1.34. The molecule has 0 aromatic rings. The molecular weight excluding hydrogens is 336 g/mol. The van der Waals surface area contributed by atoms with E-state index >= 15 is 0 Å². The molecule has 0 rings (SSSR count). The maximum Gasteiger partial charge on any atom is 0.111 e. The summed E-state index contributed by atoms with van der Waals surface area (Å²) in [5.41, 5.74) is 0. The van der Waals surface area contributed by atoms with E-state index in [0.29, 0.717) is 0 Å². The van der Waals surface area contributed by atoms with Crippen molar-refractivity contribution in [2.75, 3.05) is 26.4 Å². The molecule has 0 bridgehead atoms. The Balaban J connectivity index is 0. The summed E-state index contributed by atoms with van der Waals surface area (Å²) in [5.74, 6) is 0. The van der Waals surface area contributed by atoms with E-state index in [-0.39, 0.29) is 0 Å². The first kappa shape index (κ1) is 25.8. The molecule has 0 aliphatic carbocycles. The molecule has 0 radical (unpaired) electrons. The fraction of sp³-hybridized carbons (Fsp3) is 1.00. The SMILES string of the molecule is OC[C@@H](O)[C@@H](O)[C@H](O)[C@H](O)CO.OC[C@@H](O)[C@@H](O)[C@H](O)[C@H](O)CO. The molecule has 0 saturated carbocycles. The maximum absolute atomic E-state index is 8.96. The first-order chi connectivity index (χ1) is 11.1. The van der Waals surface area contributed by atoms with Crippen molar-refractivity contribution in [1.82, 2.24) is 0 Å². The van der Waals surface area contributed by atoms with Gasteiger partial charge in [-0.25, -0.2) is 0 Å². The highest BCUT2D eigenvalue weighted by molar-refractivity contribution is 4.80. The monoisotopic (exact) mass is 364 g/mol. The molecular formula is C12H28O12. The Bertz CT molecular complexity index is 237. The van der Waals surface area contributed by atoms with Gasteiger partial charge in [0, 0.05) is 0 Å². The average molecular weight is 364 g/mol. The third-order valence-corrected chi connectivity index (χ3v) is 3.02.